The molecule has 10 heteroatoms. The topological polar surface area (TPSA) is 129 Å². The molecule has 8 nitrogen and oxygen atoms in total. The summed E-state index contributed by atoms with van der Waals surface area (Å²) < 4.78 is 24.4. The quantitative estimate of drug-likeness (QED) is 0.810. The van der Waals surface area contributed by atoms with E-state index in [9.17, 15) is 8.42 Å². The van der Waals surface area contributed by atoms with Gasteiger partial charge in [-0.05, 0) is 24.3 Å². The molecule has 0 aliphatic carbocycles. The first-order chi connectivity index (χ1) is 9.29. The van der Waals surface area contributed by atoms with Crippen LogP contribution >= 0.6 is 15.9 Å². The van der Waals surface area contributed by atoms with Gasteiger partial charge in [0.25, 0.3) is 10.0 Å². The second-order valence-corrected chi connectivity index (χ2v) is 6.63. The van der Waals surface area contributed by atoms with Crippen LogP contribution in [0.15, 0.2) is 39.0 Å². The van der Waals surface area contributed by atoms with Crippen LogP contribution in [-0.2, 0) is 10.0 Å². The van der Waals surface area contributed by atoms with E-state index < -0.39 is 10.0 Å². The molecule has 0 amide bonds. The van der Waals surface area contributed by atoms with Crippen molar-refractivity contribution in [3.63, 3.8) is 0 Å². The molecule has 20 heavy (non-hydrogen) atoms. The van der Waals surface area contributed by atoms with Crippen molar-refractivity contribution in [2.24, 2.45) is 10.2 Å². The van der Waals surface area contributed by atoms with Gasteiger partial charge in [0.05, 0.1) is 11.9 Å². The van der Waals surface area contributed by atoms with Crippen LogP contribution in [0.2, 0.25) is 0 Å². The van der Waals surface area contributed by atoms with E-state index in [2.05, 4.69) is 31.3 Å². The van der Waals surface area contributed by atoms with Crippen molar-refractivity contribution >= 4 is 49.0 Å². The van der Waals surface area contributed by atoms with E-state index in [-0.39, 0.29) is 17.3 Å². The Morgan fingerprint density at radius 3 is 2.30 bits per heavy atom. The second kappa shape index (κ2) is 5.21. The summed E-state index contributed by atoms with van der Waals surface area (Å²) in [6, 6.07) is 7.03. The van der Waals surface area contributed by atoms with E-state index in [4.69, 9.17) is 11.5 Å². The zero-order chi connectivity index (χ0) is 14.9. The molecular formula is C10H11BrN6O2S. The van der Waals surface area contributed by atoms with Gasteiger partial charge in [-0.3, -0.25) is 0 Å². The molecule has 4 N–H and O–H groups in total. The van der Waals surface area contributed by atoms with Crippen LogP contribution in [0.3, 0.4) is 0 Å². The second-order valence-electron chi connectivity index (χ2n) is 3.90. The highest BCUT2D eigenvalue weighted by atomic mass is 79.9. The standard InChI is InChI=1S/C10H11BrN6O2S/c1-20(18,19)17-10(13)8(9(12)16-17)15-14-7-4-2-6(11)3-5-7/h2-5H,13H2,1H3,(H2,12,16). The third-order valence-corrected chi connectivity index (χ3v) is 3.73. The van der Waals surface area contributed by atoms with Crippen molar-refractivity contribution in [1.82, 2.24) is 9.19 Å². The number of hydrogen-bond donors (Lipinski definition) is 2. The van der Waals surface area contributed by atoms with Gasteiger partial charge in [0.1, 0.15) is 0 Å². The minimum atomic E-state index is -3.63. The number of nitrogen functional groups attached to an aromatic ring is 2. The van der Waals surface area contributed by atoms with Gasteiger partial charge >= 0.3 is 0 Å². The minimum absolute atomic E-state index is 0.0262. The summed E-state index contributed by atoms with van der Waals surface area (Å²) in [6.45, 7) is 0. The van der Waals surface area contributed by atoms with E-state index in [1.54, 1.807) is 24.3 Å². The smallest absolute Gasteiger partial charge is 0.252 e. The Labute approximate surface area is 123 Å². The van der Waals surface area contributed by atoms with Crippen LogP contribution in [0.4, 0.5) is 23.0 Å². The fourth-order valence-electron chi connectivity index (χ4n) is 1.39. The lowest BCUT2D eigenvalue weighted by atomic mass is 10.3. The van der Waals surface area contributed by atoms with Gasteiger partial charge in [-0.2, -0.15) is 5.11 Å². The highest BCUT2D eigenvalue weighted by Crippen LogP contribution is 2.31. The molecule has 0 saturated heterocycles. The summed E-state index contributed by atoms with van der Waals surface area (Å²) in [4.78, 5) is 0. The lowest BCUT2D eigenvalue weighted by molar-refractivity contribution is 0.587. The molecule has 1 aromatic heterocycles. The molecular weight excluding hydrogens is 348 g/mol. The van der Waals surface area contributed by atoms with Gasteiger partial charge in [0.15, 0.2) is 17.3 Å². The Morgan fingerprint density at radius 2 is 1.80 bits per heavy atom. The third-order valence-electron chi connectivity index (χ3n) is 2.30. The van der Waals surface area contributed by atoms with Crippen molar-refractivity contribution in [3.8, 4) is 0 Å². The molecule has 2 aromatic rings. The van der Waals surface area contributed by atoms with E-state index in [1.807, 2.05) is 0 Å². The van der Waals surface area contributed by atoms with Gasteiger partial charge in [-0.25, -0.2) is 8.42 Å². The molecule has 1 aromatic carbocycles. The first-order valence-corrected chi connectivity index (χ1v) is 7.95. The fourth-order valence-corrected chi connectivity index (χ4v) is 2.34. The minimum Gasteiger partial charge on any atom is -0.381 e. The summed E-state index contributed by atoms with van der Waals surface area (Å²) in [5.41, 5.74) is 11.8. The van der Waals surface area contributed by atoms with Crippen LogP contribution < -0.4 is 11.5 Å². The number of nitrogens with two attached hydrogens (primary N) is 2. The lowest BCUT2D eigenvalue weighted by Crippen LogP contribution is -2.14. The Morgan fingerprint density at radius 1 is 1.20 bits per heavy atom. The van der Waals surface area contributed by atoms with E-state index in [1.165, 1.54) is 0 Å². The molecule has 0 aliphatic rings. The monoisotopic (exact) mass is 358 g/mol. The molecule has 0 atom stereocenters. The van der Waals surface area contributed by atoms with Crippen molar-refractivity contribution in [1.29, 1.82) is 0 Å². The number of halogens is 1. The number of azo groups is 1. The largest absolute Gasteiger partial charge is 0.381 e. The number of hydrogen-bond acceptors (Lipinski definition) is 7. The molecule has 0 spiro atoms. The summed E-state index contributed by atoms with van der Waals surface area (Å²) >= 11 is 3.30. The summed E-state index contributed by atoms with van der Waals surface area (Å²) in [5.74, 6) is -0.278. The number of nitrogens with zero attached hydrogens (tertiary/aromatic N) is 4. The average Bonchev–Trinajstić information content (AvgIpc) is 2.64. The van der Waals surface area contributed by atoms with Gasteiger partial charge in [0, 0.05) is 4.47 Å². The predicted molar refractivity (Wildman–Crippen MR) is 79.6 cm³/mol. The molecule has 0 fully saturated rings. The van der Waals surface area contributed by atoms with E-state index in [0.29, 0.717) is 9.77 Å². The lowest BCUT2D eigenvalue weighted by Gasteiger charge is -1.98. The molecule has 0 radical (unpaired) electrons. The van der Waals surface area contributed by atoms with Crippen LogP contribution in [-0.4, -0.2) is 23.9 Å². The highest BCUT2D eigenvalue weighted by Gasteiger charge is 2.19. The zero-order valence-electron chi connectivity index (χ0n) is 10.4. The predicted octanol–water partition coefficient (Wildman–Crippen LogP) is 2.03. The number of aromatic nitrogens is 2. The zero-order valence-corrected chi connectivity index (χ0v) is 12.8. The van der Waals surface area contributed by atoms with Crippen molar-refractivity contribution in [3.05, 3.63) is 28.7 Å². The molecule has 0 saturated carbocycles. The maximum absolute atomic E-state index is 11.4. The SMILES string of the molecule is CS(=O)(=O)n1nc(N)c(N=Nc2ccc(Br)cc2)c1N. The van der Waals surface area contributed by atoms with E-state index in [0.717, 1.165) is 10.7 Å². The Hall–Kier alpha value is -1.94. The van der Waals surface area contributed by atoms with Crippen molar-refractivity contribution in [2.45, 2.75) is 0 Å². The third kappa shape index (κ3) is 2.96. The first kappa shape index (κ1) is 14.5. The van der Waals surface area contributed by atoms with Gasteiger partial charge in [-0.1, -0.05) is 15.9 Å². The molecule has 2 rings (SSSR count). The van der Waals surface area contributed by atoms with Crippen molar-refractivity contribution < 1.29 is 8.42 Å². The number of anilines is 2. The Kier molecular flexibility index (Phi) is 3.77. The molecule has 0 unspecified atom stereocenters. The Bertz CT molecular complexity index is 766. The number of rotatable bonds is 3. The molecule has 0 aliphatic heterocycles. The van der Waals surface area contributed by atoms with Gasteiger partial charge in [0.2, 0.25) is 0 Å². The van der Waals surface area contributed by atoms with Gasteiger partial charge < -0.3 is 11.5 Å². The fraction of sp³-hybridized carbons (Fsp3) is 0.100. The maximum atomic E-state index is 11.4. The molecule has 106 valence electrons. The summed E-state index contributed by atoms with van der Waals surface area (Å²) in [6.07, 6.45) is 0.964. The highest BCUT2D eigenvalue weighted by molar-refractivity contribution is 9.10. The Balaban J connectivity index is 2.39. The maximum Gasteiger partial charge on any atom is 0.252 e. The normalized spacial score (nSPS) is 12.1. The number of benzene rings is 1. The van der Waals surface area contributed by atoms with Crippen LogP contribution in [0, 0.1) is 0 Å². The van der Waals surface area contributed by atoms with Crippen LogP contribution in [0.5, 0.6) is 0 Å². The summed E-state index contributed by atoms with van der Waals surface area (Å²) in [5, 5.41) is 11.4. The molecule has 0 bridgehead atoms. The van der Waals surface area contributed by atoms with Gasteiger partial charge in [-0.15, -0.1) is 14.3 Å². The average molecular weight is 359 g/mol. The van der Waals surface area contributed by atoms with Crippen LogP contribution in [0.25, 0.3) is 0 Å². The van der Waals surface area contributed by atoms with Crippen molar-refractivity contribution in [2.75, 3.05) is 17.7 Å². The first-order valence-electron chi connectivity index (χ1n) is 5.31. The van der Waals surface area contributed by atoms with Crippen LogP contribution in [0.1, 0.15) is 0 Å². The molecule has 1 heterocycles. The summed E-state index contributed by atoms with van der Waals surface area (Å²) in [7, 11) is -3.63. The van der Waals surface area contributed by atoms with E-state index >= 15 is 0 Å².